The van der Waals surface area contributed by atoms with Gasteiger partial charge in [0.05, 0.1) is 6.54 Å². The molecule has 3 aromatic rings. The largest absolute Gasteiger partial charge is 0.363 e. The lowest BCUT2D eigenvalue weighted by atomic mass is 10.0. The Morgan fingerprint density at radius 2 is 1.85 bits per heavy atom. The summed E-state index contributed by atoms with van der Waals surface area (Å²) in [6.45, 7) is 6.12. The standard InChI is InChI=1S/C20H21N5O2/c1-12-6-15-10-25(11-16(15)7-13(12)2)17-5-3-4-14(8-17)19(26)21-9-18-22-20(27)24-23-18/h3-8H,9-11H2,1-2H3,(H,21,26)(H2,22,23,24,27). The number of amides is 1. The first-order valence-corrected chi connectivity index (χ1v) is 8.85. The maximum Gasteiger partial charge on any atom is 0.340 e. The quantitative estimate of drug-likeness (QED) is 0.662. The lowest BCUT2D eigenvalue weighted by Gasteiger charge is -2.18. The van der Waals surface area contributed by atoms with E-state index in [4.69, 9.17) is 0 Å². The number of nitrogens with one attached hydrogen (secondary N) is 3. The van der Waals surface area contributed by atoms with Gasteiger partial charge in [0.15, 0.2) is 0 Å². The van der Waals surface area contributed by atoms with E-state index < -0.39 is 0 Å². The van der Waals surface area contributed by atoms with Gasteiger partial charge in [-0.15, -0.1) is 0 Å². The van der Waals surface area contributed by atoms with Crippen molar-refractivity contribution in [2.45, 2.75) is 33.5 Å². The molecule has 0 aliphatic carbocycles. The van der Waals surface area contributed by atoms with Crippen LogP contribution in [0, 0.1) is 13.8 Å². The molecule has 4 rings (SSSR count). The van der Waals surface area contributed by atoms with Crippen LogP contribution in [0.2, 0.25) is 0 Å². The molecule has 1 amide bonds. The minimum Gasteiger partial charge on any atom is -0.363 e. The molecular weight excluding hydrogens is 342 g/mol. The SMILES string of the molecule is Cc1cc2c(cc1C)CN(c1cccc(C(=O)NCc3n[nH]c(=O)[nH]3)c1)C2. The summed E-state index contributed by atoms with van der Waals surface area (Å²) in [6.07, 6.45) is 0. The summed E-state index contributed by atoms with van der Waals surface area (Å²) in [5.74, 6) is 0.189. The minimum absolute atomic E-state index is 0.162. The van der Waals surface area contributed by atoms with Crippen molar-refractivity contribution in [3.05, 3.63) is 80.5 Å². The molecule has 0 bridgehead atoms. The van der Waals surface area contributed by atoms with Gasteiger partial charge in [0.25, 0.3) is 5.91 Å². The van der Waals surface area contributed by atoms with Crippen molar-refractivity contribution in [3.8, 4) is 0 Å². The van der Waals surface area contributed by atoms with E-state index in [1.54, 1.807) is 6.07 Å². The number of anilines is 1. The molecule has 27 heavy (non-hydrogen) atoms. The van der Waals surface area contributed by atoms with E-state index in [-0.39, 0.29) is 18.1 Å². The minimum atomic E-state index is -0.389. The van der Waals surface area contributed by atoms with E-state index in [1.165, 1.54) is 22.3 Å². The van der Waals surface area contributed by atoms with Gasteiger partial charge in [-0.1, -0.05) is 18.2 Å². The maximum atomic E-state index is 12.4. The predicted molar refractivity (Wildman–Crippen MR) is 103 cm³/mol. The van der Waals surface area contributed by atoms with Crippen molar-refractivity contribution in [2.24, 2.45) is 0 Å². The van der Waals surface area contributed by atoms with Gasteiger partial charge in [-0.25, -0.2) is 9.89 Å². The second kappa shape index (κ2) is 6.75. The summed E-state index contributed by atoms with van der Waals surface area (Å²) in [5.41, 5.74) is 6.50. The number of aromatic amines is 2. The highest BCUT2D eigenvalue weighted by Crippen LogP contribution is 2.30. The molecule has 1 aliphatic heterocycles. The van der Waals surface area contributed by atoms with Crippen molar-refractivity contribution in [2.75, 3.05) is 4.90 Å². The molecule has 0 spiro atoms. The van der Waals surface area contributed by atoms with Crippen LogP contribution in [0.3, 0.4) is 0 Å². The first kappa shape index (κ1) is 17.1. The zero-order valence-corrected chi connectivity index (χ0v) is 15.3. The molecule has 138 valence electrons. The molecule has 7 heteroatoms. The number of benzene rings is 2. The number of rotatable bonds is 4. The summed E-state index contributed by atoms with van der Waals surface area (Å²) in [7, 11) is 0. The van der Waals surface area contributed by atoms with Crippen molar-refractivity contribution in [3.63, 3.8) is 0 Å². The van der Waals surface area contributed by atoms with E-state index in [0.717, 1.165) is 18.8 Å². The Morgan fingerprint density at radius 1 is 1.15 bits per heavy atom. The Balaban J connectivity index is 1.48. The van der Waals surface area contributed by atoms with Crippen molar-refractivity contribution < 1.29 is 4.79 Å². The normalized spacial score (nSPS) is 12.9. The van der Waals surface area contributed by atoms with E-state index >= 15 is 0 Å². The zero-order valence-electron chi connectivity index (χ0n) is 15.3. The van der Waals surface area contributed by atoms with E-state index in [2.05, 4.69) is 51.4 Å². The van der Waals surface area contributed by atoms with Gasteiger partial charge < -0.3 is 10.2 Å². The Bertz CT molecular complexity index is 1040. The van der Waals surface area contributed by atoms with Gasteiger partial charge in [-0.05, 0) is 54.3 Å². The van der Waals surface area contributed by atoms with Crippen LogP contribution < -0.4 is 15.9 Å². The first-order chi connectivity index (χ1) is 13.0. The number of fused-ring (bicyclic) bond motifs is 1. The smallest absolute Gasteiger partial charge is 0.340 e. The number of hydrogen-bond donors (Lipinski definition) is 3. The molecule has 0 saturated heterocycles. The van der Waals surface area contributed by atoms with Crippen LogP contribution in [0.15, 0.2) is 41.2 Å². The van der Waals surface area contributed by atoms with Crippen LogP contribution in [0.1, 0.15) is 38.4 Å². The summed E-state index contributed by atoms with van der Waals surface area (Å²) in [4.78, 5) is 28.3. The highest BCUT2D eigenvalue weighted by molar-refractivity contribution is 5.95. The second-order valence-corrected chi connectivity index (χ2v) is 6.92. The van der Waals surface area contributed by atoms with Gasteiger partial charge in [-0.3, -0.25) is 9.78 Å². The molecule has 0 fully saturated rings. The lowest BCUT2D eigenvalue weighted by molar-refractivity contribution is 0.0950. The van der Waals surface area contributed by atoms with Gasteiger partial charge >= 0.3 is 5.69 Å². The highest BCUT2D eigenvalue weighted by Gasteiger charge is 2.20. The third-order valence-electron chi connectivity index (χ3n) is 4.98. The number of aryl methyl sites for hydroxylation is 2. The number of hydrogen-bond acceptors (Lipinski definition) is 4. The molecule has 7 nitrogen and oxygen atoms in total. The average Bonchev–Trinajstić information content (AvgIpc) is 3.26. The molecule has 0 saturated carbocycles. The topological polar surface area (TPSA) is 93.9 Å². The fraction of sp³-hybridized carbons (Fsp3) is 0.250. The maximum absolute atomic E-state index is 12.4. The zero-order chi connectivity index (χ0) is 19.0. The van der Waals surface area contributed by atoms with Gasteiger partial charge in [-0.2, -0.15) is 5.10 Å². The number of carbonyl (C=O) groups excluding carboxylic acids is 1. The van der Waals surface area contributed by atoms with Crippen molar-refractivity contribution >= 4 is 11.6 Å². The molecule has 0 unspecified atom stereocenters. The Hall–Kier alpha value is -3.35. The van der Waals surface area contributed by atoms with Crippen LogP contribution in [0.5, 0.6) is 0 Å². The Labute approximate surface area is 156 Å². The molecule has 0 radical (unpaired) electrons. The molecule has 1 aromatic heterocycles. The fourth-order valence-electron chi connectivity index (χ4n) is 3.38. The van der Waals surface area contributed by atoms with Gasteiger partial charge in [0, 0.05) is 24.3 Å². The first-order valence-electron chi connectivity index (χ1n) is 8.85. The number of H-pyrrole nitrogens is 2. The van der Waals surface area contributed by atoms with Gasteiger partial charge in [0.1, 0.15) is 5.82 Å². The monoisotopic (exact) mass is 363 g/mol. The molecule has 2 aromatic carbocycles. The summed E-state index contributed by atoms with van der Waals surface area (Å²) >= 11 is 0. The van der Waals surface area contributed by atoms with Crippen LogP contribution in [0.4, 0.5) is 5.69 Å². The van der Waals surface area contributed by atoms with Crippen molar-refractivity contribution in [1.29, 1.82) is 0 Å². The molecular formula is C20H21N5O2. The second-order valence-electron chi connectivity index (χ2n) is 6.92. The van der Waals surface area contributed by atoms with Crippen LogP contribution in [-0.2, 0) is 19.6 Å². The lowest BCUT2D eigenvalue weighted by Crippen LogP contribution is -2.24. The van der Waals surface area contributed by atoms with Crippen LogP contribution in [-0.4, -0.2) is 21.1 Å². The van der Waals surface area contributed by atoms with Crippen LogP contribution in [0.25, 0.3) is 0 Å². The van der Waals surface area contributed by atoms with Crippen molar-refractivity contribution in [1.82, 2.24) is 20.5 Å². The summed E-state index contributed by atoms with van der Waals surface area (Å²) in [5, 5.41) is 8.83. The molecule has 1 aliphatic rings. The Kier molecular flexibility index (Phi) is 4.27. The summed E-state index contributed by atoms with van der Waals surface area (Å²) < 4.78 is 0. The average molecular weight is 363 g/mol. The fourth-order valence-corrected chi connectivity index (χ4v) is 3.38. The molecule has 0 atom stereocenters. The molecule has 2 heterocycles. The third-order valence-corrected chi connectivity index (χ3v) is 4.98. The number of nitrogens with zero attached hydrogens (tertiary/aromatic N) is 2. The third kappa shape index (κ3) is 3.48. The highest BCUT2D eigenvalue weighted by atomic mass is 16.2. The van der Waals surface area contributed by atoms with E-state index in [0.29, 0.717) is 11.4 Å². The van der Waals surface area contributed by atoms with E-state index in [1.807, 2.05) is 18.2 Å². The molecule has 3 N–H and O–H groups in total. The summed E-state index contributed by atoms with van der Waals surface area (Å²) in [6, 6.07) is 12.1. The number of carbonyl (C=O) groups is 1. The predicted octanol–water partition coefficient (Wildman–Crippen LogP) is 2.17. The number of aromatic nitrogens is 3. The van der Waals surface area contributed by atoms with Crippen LogP contribution >= 0.6 is 0 Å². The van der Waals surface area contributed by atoms with Gasteiger partial charge in [0.2, 0.25) is 0 Å². The van der Waals surface area contributed by atoms with E-state index in [9.17, 15) is 9.59 Å². The Morgan fingerprint density at radius 3 is 2.48 bits per heavy atom.